The first-order chi connectivity index (χ1) is 14.0. The van der Waals surface area contributed by atoms with Crippen LogP contribution in [-0.2, 0) is 27.4 Å². The third kappa shape index (κ3) is 5.14. The summed E-state index contributed by atoms with van der Waals surface area (Å²) in [5.74, 6) is -0.864. The third-order valence-corrected chi connectivity index (χ3v) is 4.72. The average molecular weight is 396 g/mol. The molecule has 0 aliphatic carbocycles. The number of carbonyl (C=O) groups excluding carboxylic acids is 1. The number of aromatic amines is 1. The maximum absolute atomic E-state index is 12.5. The van der Waals surface area contributed by atoms with E-state index in [0.29, 0.717) is 5.75 Å². The number of aromatic nitrogens is 1. The molecule has 3 N–H and O–H groups in total. The number of ether oxygens (including phenoxy) is 2. The monoisotopic (exact) mass is 396 g/mol. The summed E-state index contributed by atoms with van der Waals surface area (Å²) in [6.45, 7) is 1.81. The van der Waals surface area contributed by atoms with E-state index in [-0.39, 0.29) is 13.0 Å². The number of aliphatic carboxylic acids is 1. The number of amides is 1. The Morgan fingerprint density at radius 2 is 1.97 bits per heavy atom. The molecule has 0 spiro atoms. The molecule has 3 rings (SSSR count). The second-order valence-electron chi connectivity index (χ2n) is 6.77. The minimum absolute atomic E-state index is 0.174. The lowest BCUT2D eigenvalue weighted by molar-refractivity contribution is -0.144. The van der Waals surface area contributed by atoms with Gasteiger partial charge in [0.1, 0.15) is 17.9 Å². The summed E-state index contributed by atoms with van der Waals surface area (Å²) in [5, 5.41) is 13.1. The molecule has 0 aliphatic heterocycles. The molecule has 2 aromatic carbocycles. The molecule has 152 valence electrons. The lowest BCUT2D eigenvalue weighted by Gasteiger charge is -2.18. The molecular weight excluding hydrogens is 372 g/mol. The van der Waals surface area contributed by atoms with E-state index < -0.39 is 24.0 Å². The van der Waals surface area contributed by atoms with Crippen molar-refractivity contribution in [3.63, 3.8) is 0 Å². The van der Waals surface area contributed by atoms with E-state index in [1.54, 1.807) is 20.2 Å². The fourth-order valence-corrected chi connectivity index (χ4v) is 3.07. The smallest absolute Gasteiger partial charge is 0.326 e. The molecule has 2 atom stereocenters. The van der Waals surface area contributed by atoms with Gasteiger partial charge in [-0.25, -0.2) is 4.79 Å². The second-order valence-corrected chi connectivity index (χ2v) is 6.77. The van der Waals surface area contributed by atoms with Crippen molar-refractivity contribution in [1.29, 1.82) is 0 Å². The maximum atomic E-state index is 12.5. The highest BCUT2D eigenvalue weighted by molar-refractivity contribution is 5.88. The van der Waals surface area contributed by atoms with Gasteiger partial charge in [-0.05, 0) is 36.2 Å². The normalized spacial score (nSPS) is 13.0. The molecule has 7 nitrogen and oxygen atoms in total. The molecule has 0 radical (unpaired) electrons. The minimum atomic E-state index is -1.09. The molecule has 0 fully saturated rings. The fraction of sp³-hybridized carbons (Fsp3) is 0.273. The molecule has 1 amide bonds. The van der Waals surface area contributed by atoms with E-state index in [1.165, 1.54) is 0 Å². The quantitative estimate of drug-likeness (QED) is 0.516. The van der Waals surface area contributed by atoms with Gasteiger partial charge in [-0.3, -0.25) is 4.79 Å². The van der Waals surface area contributed by atoms with E-state index in [4.69, 9.17) is 9.47 Å². The SMILES string of the molecule is COc1cccc(COC(C)C(=O)NC(Cc2c[nH]c3ccccc23)C(=O)O)c1. The van der Waals surface area contributed by atoms with Crippen LogP contribution in [0.3, 0.4) is 0 Å². The Morgan fingerprint density at radius 1 is 1.17 bits per heavy atom. The first kappa shape index (κ1) is 20.4. The third-order valence-electron chi connectivity index (χ3n) is 4.72. The molecule has 0 saturated heterocycles. The van der Waals surface area contributed by atoms with Crippen molar-refractivity contribution in [2.75, 3.05) is 7.11 Å². The van der Waals surface area contributed by atoms with Gasteiger partial charge in [0.25, 0.3) is 0 Å². The van der Waals surface area contributed by atoms with Crippen LogP contribution in [0.1, 0.15) is 18.1 Å². The molecule has 29 heavy (non-hydrogen) atoms. The predicted octanol–water partition coefficient (Wildman–Crippen LogP) is 2.89. The van der Waals surface area contributed by atoms with Crippen LogP contribution in [0.15, 0.2) is 54.7 Å². The zero-order valence-electron chi connectivity index (χ0n) is 16.3. The number of H-pyrrole nitrogens is 1. The van der Waals surface area contributed by atoms with Gasteiger partial charge in [-0.15, -0.1) is 0 Å². The number of fused-ring (bicyclic) bond motifs is 1. The second kappa shape index (κ2) is 9.25. The standard InChI is InChI=1S/C22H24N2O5/c1-14(29-13-15-6-5-7-17(10-15)28-2)21(25)24-20(22(26)27)11-16-12-23-19-9-4-3-8-18(16)19/h3-10,12,14,20,23H,11,13H2,1-2H3,(H,24,25)(H,26,27). The van der Waals surface area contributed by atoms with Gasteiger partial charge in [-0.1, -0.05) is 30.3 Å². The zero-order chi connectivity index (χ0) is 20.8. The van der Waals surface area contributed by atoms with E-state index >= 15 is 0 Å². The Hall–Kier alpha value is -3.32. The molecule has 7 heteroatoms. The topological polar surface area (TPSA) is 101 Å². The Kier molecular flexibility index (Phi) is 6.51. The van der Waals surface area contributed by atoms with Gasteiger partial charge in [0.15, 0.2) is 0 Å². The van der Waals surface area contributed by atoms with Crippen LogP contribution < -0.4 is 10.1 Å². The van der Waals surface area contributed by atoms with Crippen LogP contribution in [-0.4, -0.2) is 41.2 Å². The van der Waals surface area contributed by atoms with Crippen molar-refractivity contribution in [2.45, 2.75) is 32.1 Å². The number of hydrogen-bond acceptors (Lipinski definition) is 4. The number of benzene rings is 2. The fourth-order valence-electron chi connectivity index (χ4n) is 3.07. The zero-order valence-corrected chi connectivity index (χ0v) is 16.3. The van der Waals surface area contributed by atoms with Gasteiger partial charge in [-0.2, -0.15) is 0 Å². The van der Waals surface area contributed by atoms with Crippen molar-refractivity contribution in [1.82, 2.24) is 10.3 Å². The van der Waals surface area contributed by atoms with Crippen molar-refractivity contribution in [3.8, 4) is 5.75 Å². The van der Waals surface area contributed by atoms with E-state index in [2.05, 4.69) is 10.3 Å². The predicted molar refractivity (Wildman–Crippen MR) is 109 cm³/mol. The van der Waals surface area contributed by atoms with Crippen LogP contribution in [0.5, 0.6) is 5.75 Å². The highest BCUT2D eigenvalue weighted by Crippen LogP contribution is 2.19. The van der Waals surface area contributed by atoms with Gasteiger partial charge in [0, 0.05) is 23.5 Å². The minimum Gasteiger partial charge on any atom is -0.497 e. The van der Waals surface area contributed by atoms with E-state index in [9.17, 15) is 14.7 Å². The number of carboxylic acids is 1. The molecule has 0 aliphatic rings. The Labute approximate surface area is 168 Å². The first-order valence-electron chi connectivity index (χ1n) is 9.30. The molecule has 1 heterocycles. The number of carboxylic acid groups (broad SMARTS) is 1. The van der Waals surface area contributed by atoms with E-state index in [1.807, 2.05) is 48.5 Å². The summed E-state index contributed by atoms with van der Waals surface area (Å²) >= 11 is 0. The Balaban J connectivity index is 1.60. The van der Waals surface area contributed by atoms with Crippen molar-refractivity contribution >= 4 is 22.8 Å². The lowest BCUT2D eigenvalue weighted by atomic mass is 10.0. The summed E-state index contributed by atoms with van der Waals surface area (Å²) in [6, 6.07) is 13.9. The summed E-state index contributed by atoms with van der Waals surface area (Å²) in [5.41, 5.74) is 2.61. The van der Waals surface area contributed by atoms with Gasteiger partial charge < -0.3 is 24.9 Å². The highest BCUT2D eigenvalue weighted by Gasteiger charge is 2.24. The van der Waals surface area contributed by atoms with Crippen LogP contribution in [0.25, 0.3) is 10.9 Å². The summed E-state index contributed by atoms with van der Waals surface area (Å²) in [4.78, 5) is 27.3. The molecule has 0 bridgehead atoms. The van der Waals surface area contributed by atoms with Crippen LogP contribution >= 0.6 is 0 Å². The van der Waals surface area contributed by atoms with Crippen molar-refractivity contribution in [3.05, 3.63) is 65.9 Å². The average Bonchev–Trinajstić information content (AvgIpc) is 3.14. The largest absolute Gasteiger partial charge is 0.497 e. The van der Waals surface area contributed by atoms with Gasteiger partial charge in [0.05, 0.1) is 13.7 Å². The number of hydrogen-bond donors (Lipinski definition) is 3. The number of methoxy groups -OCH3 is 1. The van der Waals surface area contributed by atoms with Crippen LogP contribution in [0.4, 0.5) is 0 Å². The van der Waals surface area contributed by atoms with Gasteiger partial charge in [0.2, 0.25) is 5.91 Å². The first-order valence-corrected chi connectivity index (χ1v) is 9.30. The maximum Gasteiger partial charge on any atom is 0.326 e. The number of para-hydroxylation sites is 1. The van der Waals surface area contributed by atoms with Crippen molar-refractivity contribution in [2.24, 2.45) is 0 Å². The van der Waals surface area contributed by atoms with Crippen LogP contribution in [0, 0.1) is 0 Å². The summed E-state index contributed by atoms with van der Waals surface area (Å²) in [6.07, 6.45) is 1.15. The number of rotatable bonds is 9. The molecule has 3 aromatic rings. The number of carbonyl (C=O) groups is 2. The molecule has 1 aromatic heterocycles. The molecule has 2 unspecified atom stereocenters. The van der Waals surface area contributed by atoms with Gasteiger partial charge >= 0.3 is 5.97 Å². The number of nitrogens with one attached hydrogen (secondary N) is 2. The summed E-state index contributed by atoms with van der Waals surface area (Å²) in [7, 11) is 1.58. The Bertz CT molecular complexity index is 998. The Morgan fingerprint density at radius 3 is 2.72 bits per heavy atom. The molecular formula is C22H24N2O5. The lowest BCUT2D eigenvalue weighted by Crippen LogP contribution is -2.46. The van der Waals surface area contributed by atoms with Crippen molar-refractivity contribution < 1.29 is 24.2 Å². The summed E-state index contributed by atoms with van der Waals surface area (Å²) < 4.78 is 10.8. The van der Waals surface area contributed by atoms with E-state index in [0.717, 1.165) is 22.0 Å². The highest BCUT2D eigenvalue weighted by atomic mass is 16.5. The molecule has 0 saturated carbocycles. The van der Waals surface area contributed by atoms with Crippen LogP contribution in [0.2, 0.25) is 0 Å².